The number of fused-ring (bicyclic) bond motifs is 1. The molecule has 4 rings (SSSR count). The maximum absolute atomic E-state index is 12.4. The molecule has 2 fully saturated rings. The van der Waals surface area contributed by atoms with E-state index in [9.17, 15) is 14.7 Å². The first-order chi connectivity index (χ1) is 11.1. The van der Waals surface area contributed by atoms with Crippen LogP contribution in [-0.2, 0) is 0 Å². The highest BCUT2D eigenvalue weighted by molar-refractivity contribution is 5.96. The average Bonchev–Trinajstić information content (AvgIpc) is 2.91. The van der Waals surface area contributed by atoms with Gasteiger partial charge in [-0.2, -0.15) is 5.10 Å². The van der Waals surface area contributed by atoms with Crippen LogP contribution in [0.1, 0.15) is 27.4 Å². The normalized spacial score (nSPS) is 25.0. The number of rotatable bonds is 4. The lowest BCUT2D eigenvalue weighted by Crippen LogP contribution is -2.41. The molecule has 0 radical (unpaired) electrons. The summed E-state index contributed by atoms with van der Waals surface area (Å²) in [7, 11) is 0. The lowest BCUT2D eigenvalue weighted by Gasteiger charge is -2.12. The van der Waals surface area contributed by atoms with E-state index in [1.54, 1.807) is 24.3 Å². The van der Waals surface area contributed by atoms with Gasteiger partial charge in [0.2, 0.25) is 0 Å². The molecule has 2 heterocycles. The lowest BCUT2D eigenvalue weighted by atomic mass is 10.2. The highest BCUT2D eigenvalue weighted by Gasteiger charge is 2.58. The van der Waals surface area contributed by atoms with Gasteiger partial charge in [0.05, 0.1) is 11.2 Å². The van der Waals surface area contributed by atoms with E-state index in [0.29, 0.717) is 11.6 Å². The summed E-state index contributed by atoms with van der Waals surface area (Å²) in [6, 6.07) is 10.2. The molecule has 3 N–H and O–H groups in total. The van der Waals surface area contributed by atoms with Crippen molar-refractivity contribution in [1.82, 2.24) is 20.4 Å². The number of carbonyl (C=O) groups excluding carboxylic acids is 1. The lowest BCUT2D eigenvalue weighted by molar-refractivity contribution is 0.0686. The van der Waals surface area contributed by atoms with Gasteiger partial charge >= 0.3 is 5.97 Å². The van der Waals surface area contributed by atoms with Gasteiger partial charge in [0.1, 0.15) is 0 Å². The molecule has 23 heavy (non-hydrogen) atoms. The molecule has 0 spiro atoms. The van der Waals surface area contributed by atoms with Crippen molar-refractivity contribution < 1.29 is 14.7 Å². The number of benzene rings is 1. The fourth-order valence-corrected chi connectivity index (χ4v) is 3.23. The third-order valence-electron chi connectivity index (χ3n) is 4.59. The Morgan fingerprint density at radius 3 is 2.74 bits per heavy atom. The number of carboxylic acid groups (broad SMARTS) is 1. The SMILES string of the molecule is O=C(N[C@@]12CNC[C@@H]1C2)c1cc(C(=O)O)n(-c2ccccc2)n1. The number of carboxylic acids is 1. The van der Waals surface area contributed by atoms with Crippen LogP contribution in [0.3, 0.4) is 0 Å². The molecule has 2 atom stereocenters. The molecular weight excluding hydrogens is 296 g/mol. The molecule has 7 heteroatoms. The topological polar surface area (TPSA) is 96.3 Å². The molecule has 118 valence electrons. The Balaban J connectivity index is 1.64. The van der Waals surface area contributed by atoms with E-state index in [1.807, 2.05) is 6.07 Å². The second-order valence-electron chi connectivity index (χ2n) is 6.11. The van der Waals surface area contributed by atoms with Crippen molar-refractivity contribution in [3.05, 3.63) is 47.8 Å². The van der Waals surface area contributed by atoms with E-state index in [1.165, 1.54) is 10.7 Å². The molecule has 1 amide bonds. The highest BCUT2D eigenvalue weighted by atomic mass is 16.4. The summed E-state index contributed by atoms with van der Waals surface area (Å²) >= 11 is 0. The zero-order valence-corrected chi connectivity index (χ0v) is 12.3. The first kappa shape index (κ1) is 14.0. The quantitative estimate of drug-likeness (QED) is 0.771. The van der Waals surface area contributed by atoms with Crippen LogP contribution in [0, 0.1) is 5.92 Å². The number of hydrogen-bond acceptors (Lipinski definition) is 4. The predicted molar refractivity (Wildman–Crippen MR) is 81.7 cm³/mol. The van der Waals surface area contributed by atoms with Crippen molar-refractivity contribution in [2.24, 2.45) is 5.92 Å². The summed E-state index contributed by atoms with van der Waals surface area (Å²) in [6.45, 7) is 1.67. The van der Waals surface area contributed by atoms with Gasteiger partial charge in [-0.25, -0.2) is 9.48 Å². The number of carbonyl (C=O) groups is 2. The fraction of sp³-hybridized carbons (Fsp3) is 0.312. The molecule has 0 bridgehead atoms. The van der Waals surface area contributed by atoms with Crippen molar-refractivity contribution in [2.75, 3.05) is 13.1 Å². The minimum Gasteiger partial charge on any atom is -0.477 e. The number of hydrogen-bond donors (Lipinski definition) is 3. The molecular formula is C16H16N4O3. The number of nitrogens with one attached hydrogen (secondary N) is 2. The average molecular weight is 312 g/mol. The summed E-state index contributed by atoms with van der Waals surface area (Å²) in [6.07, 6.45) is 0.969. The Labute approximate surface area is 132 Å². The van der Waals surface area contributed by atoms with Gasteiger partial charge in [-0.3, -0.25) is 4.79 Å². The molecule has 2 aromatic rings. The largest absolute Gasteiger partial charge is 0.477 e. The molecule has 1 saturated heterocycles. The molecule has 0 unspecified atom stereocenters. The second-order valence-corrected chi connectivity index (χ2v) is 6.11. The summed E-state index contributed by atoms with van der Waals surface area (Å²) in [5, 5.41) is 19.8. The summed E-state index contributed by atoms with van der Waals surface area (Å²) in [4.78, 5) is 23.9. The van der Waals surface area contributed by atoms with Crippen LogP contribution in [0.15, 0.2) is 36.4 Å². The van der Waals surface area contributed by atoms with E-state index in [0.717, 1.165) is 19.5 Å². The molecule has 7 nitrogen and oxygen atoms in total. The van der Waals surface area contributed by atoms with Gasteiger partial charge in [0, 0.05) is 19.2 Å². The Morgan fingerprint density at radius 1 is 1.35 bits per heavy atom. The van der Waals surface area contributed by atoms with Crippen LogP contribution >= 0.6 is 0 Å². The molecule has 1 aliphatic heterocycles. The number of piperidine rings is 1. The third-order valence-corrected chi connectivity index (χ3v) is 4.59. The van der Waals surface area contributed by atoms with E-state index >= 15 is 0 Å². The highest BCUT2D eigenvalue weighted by Crippen LogP contribution is 2.46. The van der Waals surface area contributed by atoms with Crippen molar-refractivity contribution in [1.29, 1.82) is 0 Å². The Hall–Kier alpha value is -2.67. The van der Waals surface area contributed by atoms with Crippen LogP contribution in [0.25, 0.3) is 5.69 Å². The third kappa shape index (κ3) is 2.29. The van der Waals surface area contributed by atoms with Gasteiger partial charge in [-0.1, -0.05) is 18.2 Å². The Kier molecular flexibility index (Phi) is 2.99. The molecule has 1 aromatic heterocycles. The standard InChI is InChI=1S/C16H16N4O3/c21-14(18-16-7-10(16)8-17-9-16)12-6-13(15(22)23)20(19-12)11-4-2-1-3-5-11/h1-6,10,17H,7-9H2,(H,18,21)(H,22,23)/t10-,16-/m0/s1. The van der Waals surface area contributed by atoms with Crippen LogP contribution in [0.5, 0.6) is 0 Å². The smallest absolute Gasteiger partial charge is 0.354 e. The van der Waals surface area contributed by atoms with Gasteiger partial charge in [-0.15, -0.1) is 0 Å². The fourth-order valence-electron chi connectivity index (χ4n) is 3.23. The van der Waals surface area contributed by atoms with Crippen molar-refractivity contribution >= 4 is 11.9 Å². The van der Waals surface area contributed by atoms with Crippen LogP contribution < -0.4 is 10.6 Å². The first-order valence-corrected chi connectivity index (χ1v) is 7.51. The number of aromatic carboxylic acids is 1. The number of amides is 1. The maximum atomic E-state index is 12.4. The first-order valence-electron chi connectivity index (χ1n) is 7.51. The van der Waals surface area contributed by atoms with Gasteiger partial charge < -0.3 is 15.7 Å². The summed E-state index contributed by atoms with van der Waals surface area (Å²) in [5.74, 6) is -0.972. The Bertz CT molecular complexity index is 786. The second kappa shape index (κ2) is 4.92. The molecule has 1 saturated carbocycles. The van der Waals surface area contributed by atoms with E-state index in [-0.39, 0.29) is 22.8 Å². The van der Waals surface area contributed by atoms with Gasteiger partial charge in [0.25, 0.3) is 5.91 Å². The summed E-state index contributed by atoms with van der Waals surface area (Å²) < 4.78 is 1.28. The zero-order chi connectivity index (χ0) is 16.0. The minimum atomic E-state index is -1.12. The minimum absolute atomic E-state index is 0.0317. The Morgan fingerprint density at radius 2 is 2.13 bits per heavy atom. The van der Waals surface area contributed by atoms with Crippen molar-refractivity contribution in [3.8, 4) is 5.69 Å². The van der Waals surface area contributed by atoms with E-state index < -0.39 is 5.97 Å². The zero-order valence-electron chi connectivity index (χ0n) is 12.3. The molecule has 1 aromatic carbocycles. The maximum Gasteiger partial charge on any atom is 0.354 e. The predicted octanol–water partition coefficient (Wildman–Crippen LogP) is 0.662. The monoisotopic (exact) mass is 312 g/mol. The summed E-state index contributed by atoms with van der Waals surface area (Å²) in [5.41, 5.74) is 0.527. The molecule has 2 aliphatic rings. The number of para-hydroxylation sites is 1. The van der Waals surface area contributed by atoms with Crippen LogP contribution in [-0.4, -0.2) is 45.4 Å². The van der Waals surface area contributed by atoms with E-state index in [2.05, 4.69) is 15.7 Å². The number of aromatic nitrogens is 2. The van der Waals surface area contributed by atoms with Crippen molar-refractivity contribution in [2.45, 2.75) is 12.0 Å². The van der Waals surface area contributed by atoms with Gasteiger partial charge in [-0.05, 0) is 24.5 Å². The van der Waals surface area contributed by atoms with Crippen LogP contribution in [0.4, 0.5) is 0 Å². The van der Waals surface area contributed by atoms with Crippen molar-refractivity contribution in [3.63, 3.8) is 0 Å². The number of nitrogens with zero attached hydrogens (tertiary/aromatic N) is 2. The molecule has 1 aliphatic carbocycles. The van der Waals surface area contributed by atoms with E-state index in [4.69, 9.17) is 0 Å². The van der Waals surface area contributed by atoms with Gasteiger partial charge in [0.15, 0.2) is 11.4 Å². The van der Waals surface area contributed by atoms with Crippen LogP contribution in [0.2, 0.25) is 0 Å².